The Morgan fingerprint density at radius 1 is 1.35 bits per heavy atom. The lowest BCUT2D eigenvalue weighted by atomic mass is 10.2. The molecule has 0 radical (unpaired) electrons. The summed E-state index contributed by atoms with van der Waals surface area (Å²) in [5.41, 5.74) is 7.23. The van der Waals surface area contributed by atoms with Crippen LogP contribution in [0.3, 0.4) is 0 Å². The molecule has 0 saturated heterocycles. The zero-order valence-electron chi connectivity index (χ0n) is 11.3. The van der Waals surface area contributed by atoms with Crippen LogP contribution in [0.25, 0.3) is 0 Å². The van der Waals surface area contributed by atoms with E-state index < -0.39 is 10.0 Å². The third-order valence-corrected chi connectivity index (χ3v) is 5.24. The molecule has 20 heavy (non-hydrogen) atoms. The Kier molecular flexibility index (Phi) is 4.32. The predicted octanol–water partition coefficient (Wildman–Crippen LogP) is 1.87. The average Bonchev–Trinajstić information content (AvgIpc) is 2.91. The molecule has 0 fully saturated rings. The first-order valence-electron chi connectivity index (χ1n) is 6.00. The molecule has 1 heterocycles. The molecule has 0 bridgehead atoms. The maximum Gasteiger partial charge on any atom is 0.240 e. The molecule has 108 valence electrons. The van der Waals surface area contributed by atoms with Crippen molar-refractivity contribution in [3.8, 4) is 0 Å². The van der Waals surface area contributed by atoms with Crippen molar-refractivity contribution in [2.24, 2.45) is 0 Å². The molecule has 1 aromatic carbocycles. The fourth-order valence-electron chi connectivity index (χ4n) is 1.89. The molecule has 2 rings (SSSR count). The summed E-state index contributed by atoms with van der Waals surface area (Å²) in [6.07, 6.45) is 0. The van der Waals surface area contributed by atoms with Crippen LogP contribution >= 0.6 is 11.3 Å². The smallest absolute Gasteiger partial charge is 0.240 e. The minimum absolute atomic E-state index is 0.172. The predicted molar refractivity (Wildman–Crippen MR) is 83.5 cm³/mol. The van der Waals surface area contributed by atoms with E-state index in [9.17, 15) is 8.42 Å². The molecule has 0 aliphatic carbocycles. The number of hydrogen-bond acceptors (Lipinski definition) is 5. The number of benzene rings is 1. The first-order chi connectivity index (χ1) is 9.44. The van der Waals surface area contributed by atoms with Gasteiger partial charge in [-0.3, -0.25) is 0 Å². The van der Waals surface area contributed by atoms with Crippen molar-refractivity contribution < 1.29 is 8.42 Å². The van der Waals surface area contributed by atoms with E-state index in [-0.39, 0.29) is 4.90 Å². The minimum atomic E-state index is -3.46. The van der Waals surface area contributed by atoms with Crippen molar-refractivity contribution in [1.82, 2.24) is 4.72 Å². The molecule has 0 saturated carbocycles. The van der Waals surface area contributed by atoms with Gasteiger partial charge < -0.3 is 10.6 Å². The van der Waals surface area contributed by atoms with Gasteiger partial charge in [0.2, 0.25) is 10.0 Å². The first-order valence-corrected chi connectivity index (χ1v) is 8.37. The summed E-state index contributed by atoms with van der Waals surface area (Å²) in [6, 6.07) is 8.82. The number of thiophene rings is 1. The van der Waals surface area contributed by atoms with E-state index in [1.54, 1.807) is 23.5 Å². The van der Waals surface area contributed by atoms with Crippen molar-refractivity contribution in [2.75, 3.05) is 24.7 Å². The Morgan fingerprint density at radius 2 is 2.10 bits per heavy atom. The molecule has 0 aliphatic rings. The van der Waals surface area contributed by atoms with Gasteiger partial charge in [-0.2, -0.15) is 0 Å². The number of nitrogens with one attached hydrogen (secondary N) is 1. The van der Waals surface area contributed by atoms with Crippen LogP contribution in [0.15, 0.2) is 40.6 Å². The molecule has 5 nitrogen and oxygen atoms in total. The third kappa shape index (κ3) is 3.12. The molecule has 0 amide bonds. The lowest BCUT2D eigenvalue weighted by Gasteiger charge is -2.21. The molecule has 0 atom stereocenters. The molecule has 1 aromatic heterocycles. The number of nitrogen functional groups attached to an aromatic ring is 1. The van der Waals surface area contributed by atoms with Crippen LogP contribution in [0.1, 0.15) is 4.88 Å². The van der Waals surface area contributed by atoms with Gasteiger partial charge in [0.1, 0.15) is 0 Å². The van der Waals surface area contributed by atoms with Crippen LogP contribution in [0.2, 0.25) is 0 Å². The maximum atomic E-state index is 11.7. The number of anilines is 2. The van der Waals surface area contributed by atoms with E-state index in [2.05, 4.69) is 10.8 Å². The summed E-state index contributed by atoms with van der Waals surface area (Å²) in [5.74, 6) is 0. The lowest BCUT2D eigenvalue weighted by Crippen LogP contribution is -2.20. The summed E-state index contributed by atoms with van der Waals surface area (Å²) in [5, 5.41) is 2.02. The van der Waals surface area contributed by atoms with E-state index in [0.717, 1.165) is 12.2 Å². The first kappa shape index (κ1) is 14.8. The number of rotatable bonds is 5. The van der Waals surface area contributed by atoms with E-state index in [4.69, 9.17) is 5.73 Å². The zero-order valence-corrected chi connectivity index (χ0v) is 13.0. The van der Waals surface area contributed by atoms with Crippen LogP contribution < -0.4 is 15.4 Å². The topological polar surface area (TPSA) is 75.4 Å². The quantitative estimate of drug-likeness (QED) is 0.827. The second-order valence-corrected chi connectivity index (χ2v) is 7.28. The van der Waals surface area contributed by atoms with Crippen molar-refractivity contribution >= 4 is 32.7 Å². The van der Waals surface area contributed by atoms with Gasteiger partial charge in [0.05, 0.1) is 22.8 Å². The Bertz CT molecular complexity index is 682. The second kappa shape index (κ2) is 5.82. The summed E-state index contributed by atoms with van der Waals surface area (Å²) in [7, 11) is -0.154. The van der Waals surface area contributed by atoms with Gasteiger partial charge in [0.25, 0.3) is 0 Å². The van der Waals surface area contributed by atoms with E-state index >= 15 is 0 Å². The third-order valence-electron chi connectivity index (χ3n) is 2.96. The van der Waals surface area contributed by atoms with Crippen LogP contribution in [0, 0.1) is 0 Å². The number of nitrogens with two attached hydrogens (primary N) is 1. The zero-order chi connectivity index (χ0) is 14.8. The van der Waals surface area contributed by atoms with Crippen molar-refractivity contribution in [2.45, 2.75) is 11.4 Å². The highest BCUT2D eigenvalue weighted by Crippen LogP contribution is 2.27. The molecule has 7 heteroatoms. The molecule has 0 spiro atoms. The largest absolute Gasteiger partial charge is 0.397 e. The lowest BCUT2D eigenvalue weighted by molar-refractivity contribution is 0.588. The summed E-state index contributed by atoms with van der Waals surface area (Å²) in [6.45, 7) is 0.736. The molecule has 0 unspecified atom stereocenters. The van der Waals surface area contributed by atoms with Gasteiger partial charge in [-0.1, -0.05) is 6.07 Å². The Labute approximate surface area is 123 Å². The molecular weight excluding hydrogens is 294 g/mol. The van der Waals surface area contributed by atoms with Gasteiger partial charge in [0.15, 0.2) is 0 Å². The number of nitrogens with zero attached hydrogens (tertiary/aromatic N) is 1. The van der Waals surface area contributed by atoms with E-state index in [1.165, 1.54) is 18.0 Å². The molecule has 0 aliphatic heterocycles. The standard InChI is InChI=1S/C13H17N3O2S2/c1-15-20(17,18)11-5-6-13(12(14)8-11)16(2)9-10-4-3-7-19-10/h3-8,15H,9,14H2,1-2H3. The van der Waals surface area contributed by atoms with Crippen molar-refractivity contribution in [3.05, 3.63) is 40.6 Å². The molecule has 3 N–H and O–H groups in total. The van der Waals surface area contributed by atoms with Crippen LogP contribution in [0.5, 0.6) is 0 Å². The summed E-state index contributed by atoms with van der Waals surface area (Å²) in [4.78, 5) is 3.39. The van der Waals surface area contributed by atoms with Crippen LogP contribution in [-0.2, 0) is 16.6 Å². The minimum Gasteiger partial charge on any atom is -0.397 e. The fraction of sp³-hybridized carbons (Fsp3) is 0.231. The van der Waals surface area contributed by atoms with E-state index in [0.29, 0.717) is 5.69 Å². The van der Waals surface area contributed by atoms with Crippen LogP contribution in [-0.4, -0.2) is 22.5 Å². The normalized spacial score (nSPS) is 11.5. The van der Waals surface area contributed by atoms with Crippen molar-refractivity contribution in [3.63, 3.8) is 0 Å². The van der Waals surface area contributed by atoms with Gasteiger partial charge in [0, 0.05) is 11.9 Å². The SMILES string of the molecule is CNS(=O)(=O)c1ccc(N(C)Cc2cccs2)c(N)c1. The number of sulfonamides is 1. The fourth-order valence-corrected chi connectivity index (χ4v) is 3.41. The van der Waals surface area contributed by atoms with Crippen LogP contribution in [0.4, 0.5) is 11.4 Å². The Morgan fingerprint density at radius 3 is 2.65 bits per heavy atom. The molecule has 2 aromatic rings. The monoisotopic (exact) mass is 311 g/mol. The number of hydrogen-bond donors (Lipinski definition) is 2. The van der Waals surface area contributed by atoms with Crippen molar-refractivity contribution in [1.29, 1.82) is 0 Å². The summed E-state index contributed by atoms with van der Waals surface area (Å²) >= 11 is 1.67. The van der Waals surface area contributed by atoms with Gasteiger partial charge in [-0.15, -0.1) is 11.3 Å². The second-order valence-electron chi connectivity index (χ2n) is 4.36. The average molecular weight is 311 g/mol. The van der Waals surface area contributed by atoms with Gasteiger partial charge in [-0.25, -0.2) is 13.1 Å². The Hall–Kier alpha value is -1.57. The highest BCUT2D eigenvalue weighted by molar-refractivity contribution is 7.89. The maximum absolute atomic E-state index is 11.7. The highest BCUT2D eigenvalue weighted by Gasteiger charge is 2.14. The summed E-state index contributed by atoms with van der Waals surface area (Å²) < 4.78 is 25.7. The highest BCUT2D eigenvalue weighted by atomic mass is 32.2. The van der Waals surface area contributed by atoms with Gasteiger partial charge >= 0.3 is 0 Å². The van der Waals surface area contributed by atoms with Gasteiger partial charge in [-0.05, 0) is 36.7 Å². The molecular formula is C13H17N3O2S2. The van der Waals surface area contributed by atoms with E-state index in [1.807, 2.05) is 23.4 Å². The Balaban J connectivity index is 2.26.